The number of halogens is 3. The average molecular weight is 492 g/mol. The van der Waals surface area contributed by atoms with Crippen molar-refractivity contribution in [3.05, 3.63) is 108 Å². The molecule has 0 saturated carbocycles. The molecule has 4 aromatic rings. The van der Waals surface area contributed by atoms with E-state index in [2.05, 4.69) is 0 Å². The second kappa shape index (κ2) is 10.6. The number of carboxylic acids is 1. The Kier molecular flexibility index (Phi) is 7.29. The maximum atomic E-state index is 13.4. The first-order valence-electron chi connectivity index (χ1n) is 11.2. The number of alkyl halides is 3. The Hall–Kier alpha value is -4.26. The van der Waals surface area contributed by atoms with Gasteiger partial charge in [-0.05, 0) is 72.5 Å². The van der Waals surface area contributed by atoms with Crippen LogP contribution in [0.3, 0.4) is 0 Å². The van der Waals surface area contributed by atoms with Gasteiger partial charge in [0.15, 0.2) is 0 Å². The van der Waals surface area contributed by atoms with Crippen LogP contribution in [-0.2, 0) is 17.4 Å². The van der Waals surface area contributed by atoms with Crippen LogP contribution in [0.2, 0.25) is 0 Å². The van der Waals surface area contributed by atoms with Crippen molar-refractivity contribution in [2.45, 2.75) is 25.9 Å². The third-order valence-electron chi connectivity index (χ3n) is 5.58. The third kappa shape index (κ3) is 6.24. The molecule has 4 rings (SSSR count). The normalized spacial score (nSPS) is 11.2. The van der Waals surface area contributed by atoms with Gasteiger partial charge in [0.25, 0.3) is 0 Å². The maximum absolute atomic E-state index is 13.4. The Morgan fingerprint density at radius 1 is 0.806 bits per heavy atom. The summed E-state index contributed by atoms with van der Waals surface area (Å²) in [4.78, 5) is 10.8. The van der Waals surface area contributed by atoms with Gasteiger partial charge in [-0.15, -0.1) is 0 Å². The second-order valence-electron chi connectivity index (χ2n) is 8.24. The molecule has 4 nitrogen and oxygen atoms in total. The fraction of sp³-hybridized carbons (Fsp3) is 0.138. The molecule has 0 fully saturated rings. The number of benzene rings is 4. The van der Waals surface area contributed by atoms with Gasteiger partial charge in [-0.1, -0.05) is 42.5 Å². The van der Waals surface area contributed by atoms with Gasteiger partial charge in [0.2, 0.25) is 0 Å². The summed E-state index contributed by atoms with van der Waals surface area (Å²) >= 11 is 0. The minimum atomic E-state index is -4.48. The van der Waals surface area contributed by atoms with E-state index in [4.69, 9.17) is 14.6 Å². The SMILES string of the molecule is Cc1cc(Oc2cccc(Oc3ccc(C(F)(F)F)cc3-c3ccccc3)c2)ccc1CCC(=O)O. The van der Waals surface area contributed by atoms with E-state index in [0.29, 0.717) is 34.8 Å². The highest BCUT2D eigenvalue weighted by Crippen LogP contribution is 2.39. The largest absolute Gasteiger partial charge is 0.481 e. The van der Waals surface area contributed by atoms with E-state index in [-0.39, 0.29) is 12.2 Å². The summed E-state index contributed by atoms with van der Waals surface area (Å²) in [5.74, 6) is 0.890. The Morgan fingerprint density at radius 3 is 2.17 bits per heavy atom. The summed E-state index contributed by atoms with van der Waals surface area (Å²) in [7, 11) is 0. The number of rotatable bonds is 8. The summed E-state index contributed by atoms with van der Waals surface area (Å²) in [6.07, 6.45) is -3.99. The van der Waals surface area contributed by atoms with Crippen molar-refractivity contribution in [2.75, 3.05) is 0 Å². The molecule has 0 bridgehead atoms. The monoisotopic (exact) mass is 492 g/mol. The van der Waals surface area contributed by atoms with Gasteiger partial charge in [-0.2, -0.15) is 13.2 Å². The van der Waals surface area contributed by atoms with E-state index in [1.54, 1.807) is 60.7 Å². The van der Waals surface area contributed by atoms with Crippen LogP contribution in [-0.4, -0.2) is 11.1 Å². The number of hydrogen-bond donors (Lipinski definition) is 1. The average Bonchev–Trinajstić information content (AvgIpc) is 2.84. The molecule has 0 aromatic heterocycles. The molecule has 184 valence electrons. The topological polar surface area (TPSA) is 55.8 Å². The Bertz CT molecular complexity index is 1360. The summed E-state index contributed by atoms with van der Waals surface area (Å²) in [6, 6.07) is 24.4. The minimum Gasteiger partial charge on any atom is -0.481 e. The third-order valence-corrected chi connectivity index (χ3v) is 5.58. The van der Waals surface area contributed by atoms with Crippen LogP contribution < -0.4 is 9.47 Å². The standard InChI is InChI=1S/C29H23F3O4/c1-19-16-25(13-10-20(19)11-15-28(33)34)35-23-8-5-9-24(18-23)36-27-14-12-22(29(30,31)32)17-26(27)21-6-3-2-4-7-21/h2-10,12-14,16-18H,11,15H2,1H3,(H,33,34). The predicted molar refractivity (Wildman–Crippen MR) is 131 cm³/mol. The Morgan fingerprint density at radius 2 is 1.50 bits per heavy atom. The van der Waals surface area contributed by atoms with Crippen LogP contribution >= 0.6 is 0 Å². The van der Waals surface area contributed by atoms with Crippen molar-refractivity contribution in [2.24, 2.45) is 0 Å². The number of carboxylic acid groups (broad SMARTS) is 1. The summed E-state index contributed by atoms with van der Waals surface area (Å²) in [5, 5.41) is 8.89. The molecule has 0 saturated heterocycles. The minimum absolute atomic E-state index is 0.0509. The zero-order valence-corrected chi connectivity index (χ0v) is 19.4. The first-order chi connectivity index (χ1) is 17.2. The van der Waals surface area contributed by atoms with Crippen molar-refractivity contribution in [1.82, 2.24) is 0 Å². The van der Waals surface area contributed by atoms with Crippen LogP contribution in [0.15, 0.2) is 91.0 Å². The van der Waals surface area contributed by atoms with E-state index in [0.717, 1.165) is 23.3 Å². The van der Waals surface area contributed by atoms with E-state index < -0.39 is 17.7 Å². The van der Waals surface area contributed by atoms with Crippen LogP contribution in [0.5, 0.6) is 23.0 Å². The molecule has 0 radical (unpaired) electrons. The van der Waals surface area contributed by atoms with Crippen LogP contribution in [0.1, 0.15) is 23.1 Å². The highest BCUT2D eigenvalue weighted by molar-refractivity contribution is 5.72. The van der Waals surface area contributed by atoms with Gasteiger partial charge < -0.3 is 14.6 Å². The Balaban J connectivity index is 1.57. The molecule has 0 amide bonds. The molecule has 0 aliphatic heterocycles. The smallest absolute Gasteiger partial charge is 0.416 e. The lowest BCUT2D eigenvalue weighted by molar-refractivity contribution is -0.138. The van der Waals surface area contributed by atoms with Gasteiger partial charge in [0.1, 0.15) is 23.0 Å². The van der Waals surface area contributed by atoms with Gasteiger partial charge in [-0.25, -0.2) is 0 Å². The lowest BCUT2D eigenvalue weighted by atomic mass is 10.0. The van der Waals surface area contributed by atoms with Gasteiger partial charge in [0, 0.05) is 18.1 Å². The molecule has 36 heavy (non-hydrogen) atoms. The fourth-order valence-electron chi connectivity index (χ4n) is 3.76. The molecule has 4 aromatic carbocycles. The highest BCUT2D eigenvalue weighted by atomic mass is 19.4. The molecule has 0 aliphatic rings. The first-order valence-corrected chi connectivity index (χ1v) is 11.2. The van der Waals surface area contributed by atoms with Crippen molar-refractivity contribution in [1.29, 1.82) is 0 Å². The van der Waals surface area contributed by atoms with Gasteiger partial charge in [0.05, 0.1) is 5.56 Å². The lowest BCUT2D eigenvalue weighted by Gasteiger charge is -2.15. The van der Waals surface area contributed by atoms with Crippen molar-refractivity contribution in [3.63, 3.8) is 0 Å². The molecular formula is C29H23F3O4. The molecule has 0 spiro atoms. The molecule has 1 N–H and O–H groups in total. The molecular weight excluding hydrogens is 469 g/mol. The summed E-state index contributed by atoms with van der Waals surface area (Å²) in [5.41, 5.74) is 2.01. The van der Waals surface area contributed by atoms with Crippen molar-refractivity contribution < 1.29 is 32.5 Å². The molecule has 0 heterocycles. The zero-order chi connectivity index (χ0) is 25.7. The number of aliphatic carboxylic acids is 1. The van der Waals surface area contributed by atoms with E-state index in [1.807, 2.05) is 19.1 Å². The van der Waals surface area contributed by atoms with Crippen LogP contribution in [0.25, 0.3) is 11.1 Å². The zero-order valence-electron chi connectivity index (χ0n) is 19.4. The number of hydrogen-bond acceptors (Lipinski definition) is 3. The Labute approximate surface area is 206 Å². The van der Waals surface area contributed by atoms with Gasteiger partial charge in [-0.3, -0.25) is 4.79 Å². The van der Waals surface area contributed by atoms with Crippen LogP contribution in [0, 0.1) is 6.92 Å². The van der Waals surface area contributed by atoms with E-state index in [9.17, 15) is 18.0 Å². The molecule has 0 unspecified atom stereocenters. The second-order valence-corrected chi connectivity index (χ2v) is 8.24. The first kappa shape index (κ1) is 24.9. The van der Waals surface area contributed by atoms with Crippen LogP contribution in [0.4, 0.5) is 13.2 Å². The molecule has 7 heteroatoms. The number of aryl methyl sites for hydroxylation is 2. The lowest BCUT2D eigenvalue weighted by Crippen LogP contribution is -2.05. The number of ether oxygens (including phenoxy) is 2. The van der Waals surface area contributed by atoms with Crippen molar-refractivity contribution >= 4 is 5.97 Å². The highest BCUT2D eigenvalue weighted by Gasteiger charge is 2.31. The number of carbonyl (C=O) groups is 1. The summed E-state index contributed by atoms with van der Waals surface area (Å²) < 4.78 is 52.0. The quantitative estimate of drug-likeness (QED) is 0.269. The maximum Gasteiger partial charge on any atom is 0.416 e. The summed E-state index contributed by atoms with van der Waals surface area (Å²) in [6.45, 7) is 1.89. The van der Waals surface area contributed by atoms with Gasteiger partial charge >= 0.3 is 12.1 Å². The fourth-order valence-corrected chi connectivity index (χ4v) is 3.76. The molecule has 0 aliphatic carbocycles. The molecule has 0 atom stereocenters. The van der Waals surface area contributed by atoms with E-state index >= 15 is 0 Å². The predicted octanol–water partition coefficient (Wildman–Crippen LogP) is 8.28. The van der Waals surface area contributed by atoms with E-state index in [1.165, 1.54) is 6.07 Å². The van der Waals surface area contributed by atoms with Crippen molar-refractivity contribution in [3.8, 4) is 34.1 Å².